The van der Waals surface area contributed by atoms with Crippen molar-refractivity contribution in [1.82, 2.24) is 9.78 Å². The van der Waals surface area contributed by atoms with E-state index in [1.807, 2.05) is 38.4 Å². The van der Waals surface area contributed by atoms with E-state index in [0.717, 1.165) is 16.9 Å². The van der Waals surface area contributed by atoms with E-state index in [9.17, 15) is 5.11 Å². The smallest absolute Gasteiger partial charge is 0.0976 e. The first-order valence-electron chi connectivity index (χ1n) is 5.74. The molecule has 2 N–H and O–H groups in total. The second kappa shape index (κ2) is 5.42. The Labute approximate surface area is 111 Å². The first-order valence-corrected chi connectivity index (χ1v) is 6.12. The number of aliphatic hydroxyl groups is 1. The number of aromatic nitrogens is 2. The van der Waals surface area contributed by atoms with Gasteiger partial charge in [0.05, 0.1) is 17.5 Å². The van der Waals surface area contributed by atoms with Crippen molar-refractivity contribution >= 4 is 17.3 Å². The molecule has 5 heteroatoms. The largest absolute Gasteiger partial charge is 0.387 e. The Morgan fingerprint density at radius 2 is 2.17 bits per heavy atom. The summed E-state index contributed by atoms with van der Waals surface area (Å²) < 4.78 is 1.74. The zero-order chi connectivity index (χ0) is 13.1. The van der Waals surface area contributed by atoms with Crippen molar-refractivity contribution in [2.75, 3.05) is 11.9 Å². The summed E-state index contributed by atoms with van der Waals surface area (Å²) in [5.74, 6) is 0. The molecule has 0 saturated heterocycles. The van der Waals surface area contributed by atoms with Crippen molar-refractivity contribution in [2.24, 2.45) is 7.05 Å². The van der Waals surface area contributed by atoms with E-state index in [-0.39, 0.29) is 0 Å². The average molecular weight is 266 g/mol. The minimum atomic E-state index is -0.640. The molecule has 2 rings (SSSR count). The summed E-state index contributed by atoms with van der Waals surface area (Å²) in [5.41, 5.74) is 2.56. The van der Waals surface area contributed by atoms with Crippen LogP contribution in [-0.2, 0) is 7.05 Å². The van der Waals surface area contributed by atoms with Crippen LogP contribution in [0.1, 0.15) is 17.4 Å². The molecule has 0 bridgehead atoms. The predicted molar refractivity (Wildman–Crippen MR) is 72.8 cm³/mol. The molecule has 0 amide bonds. The highest BCUT2D eigenvalue weighted by Crippen LogP contribution is 2.23. The molecule has 18 heavy (non-hydrogen) atoms. The summed E-state index contributed by atoms with van der Waals surface area (Å²) in [6.45, 7) is 2.32. The van der Waals surface area contributed by atoms with E-state index in [2.05, 4.69) is 10.4 Å². The molecular formula is C13H16ClN3O. The van der Waals surface area contributed by atoms with Crippen LogP contribution in [0.15, 0.2) is 30.5 Å². The summed E-state index contributed by atoms with van der Waals surface area (Å²) in [6.07, 6.45) is 1.24. The third-order valence-electron chi connectivity index (χ3n) is 2.76. The highest BCUT2D eigenvalue weighted by Gasteiger charge is 2.11. The molecule has 96 valence electrons. The monoisotopic (exact) mass is 265 g/mol. The van der Waals surface area contributed by atoms with Gasteiger partial charge < -0.3 is 10.4 Å². The van der Waals surface area contributed by atoms with Gasteiger partial charge in [0, 0.05) is 30.4 Å². The third-order valence-corrected chi connectivity index (χ3v) is 3.11. The number of rotatable bonds is 4. The summed E-state index contributed by atoms with van der Waals surface area (Å²) in [7, 11) is 1.86. The van der Waals surface area contributed by atoms with Crippen LogP contribution in [0.4, 0.5) is 5.69 Å². The highest BCUT2D eigenvalue weighted by atomic mass is 35.5. The number of benzene rings is 1. The van der Waals surface area contributed by atoms with Crippen LogP contribution in [0.3, 0.4) is 0 Å². The zero-order valence-electron chi connectivity index (χ0n) is 10.4. The Hall–Kier alpha value is -1.52. The van der Waals surface area contributed by atoms with Crippen molar-refractivity contribution in [3.05, 3.63) is 46.7 Å². The molecule has 0 saturated carbocycles. The molecule has 0 aliphatic rings. The fraction of sp³-hybridized carbons (Fsp3) is 0.308. The van der Waals surface area contributed by atoms with E-state index < -0.39 is 6.10 Å². The van der Waals surface area contributed by atoms with Gasteiger partial charge in [0.25, 0.3) is 0 Å². The zero-order valence-corrected chi connectivity index (χ0v) is 11.1. The first kappa shape index (κ1) is 12.9. The normalized spacial score (nSPS) is 12.4. The van der Waals surface area contributed by atoms with E-state index >= 15 is 0 Å². The van der Waals surface area contributed by atoms with Crippen molar-refractivity contribution in [3.63, 3.8) is 0 Å². The molecule has 0 aliphatic carbocycles. The van der Waals surface area contributed by atoms with Gasteiger partial charge >= 0.3 is 0 Å². The lowest BCUT2D eigenvalue weighted by Gasteiger charge is -2.13. The second-order valence-corrected chi connectivity index (χ2v) is 4.63. The van der Waals surface area contributed by atoms with Crippen molar-refractivity contribution in [1.29, 1.82) is 0 Å². The first-order chi connectivity index (χ1) is 8.58. The lowest BCUT2D eigenvalue weighted by Crippen LogP contribution is -2.12. The van der Waals surface area contributed by atoms with Crippen molar-refractivity contribution in [2.45, 2.75) is 13.0 Å². The molecule has 1 heterocycles. The van der Waals surface area contributed by atoms with E-state index in [0.29, 0.717) is 11.6 Å². The Balaban J connectivity index is 2.03. The van der Waals surface area contributed by atoms with Gasteiger partial charge in [0.2, 0.25) is 0 Å². The predicted octanol–water partition coefficient (Wildman–Crippen LogP) is 2.53. The fourth-order valence-corrected chi connectivity index (χ4v) is 2.10. The average Bonchev–Trinajstić information content (AvgIpc) is 2.65. The number of nitrogens with one attached hydrogen (secondary N) is 1. The Morgan fingerprint density at radius 3 is 2.78 bits per heavy atom. The molecule has 1 unspecified atom stereocenters. The van der Waals surface area contributed by atoms with Gasteiger partial charge in [-0.25, -0.2) is 0 Å². The molecule has 2 aromatic rings. The molecule has 4 nitrogen and oxygen atoms in total. The van der Waals surface area contributed by atoms with Crippen LogP contribution in [-0.4, -0.2) is 21.4 Å². The van der Waals surface area contributed by atoms with Gasteiger partial charge in [-0.05, 0) is 13.0 Å². The van der Waals surface area contributed by atoms with Crippen LogP contribution < -0.4 is 5.32 Å². The number of hydrogen-bond donors (Lipinski definition) is 2. The highest BCUT2D eigenvalue weighted by molar-refractivity contribution is 6.31. The number of halogens is 1. The maximum atomic E-state index is 10.1. The van der Waals surface area contributed by atoms with Gasteiger partial charge in [-0.2, -0.15) is 5.10 Å². The Morgan fingerprint density at radius 1 is 1.44 bits per heavy atom. The van der Waals surface area contributed by atoms with Gasteiger partial charge in [0.1, 0.15) is 0 Å². The minimum absolute atomic E-state index is 0.399. The number of nitrogens with zero attached hydrogens (tertiary/aromatic N) is 2. The number of aliphatic hydroxyl groups excluding tert-OH is 1. The van der Waals surface area contributed by atoms with Crippen LogP contribution in [0.25, 0.3) is 0 Å². The molecule has 1 aromatic carbocycles. The maximum absolute atomic E-state index is 10.1. The van der Waals surface area contributed by atoms with E-state index in [4.69, 9.17) is 11.6 Å². The van der Waals surface area contributed by atoms with Gasteiger partial charge in [-0.3, -0.25) is 4.68 Å². The summed E-state index contributed by atoms with van der Waals surface area (Å²) in [4.78, 5) is 0. The molecule has 0 spiro atoms. The number of aryl methyl sites for hydroxylation is 2. The summed E-state index contributed by atoms with van der Waals surface area (Å²) in [5, 5.41) is 18.1. The molecule has 1 atom stereocenters. The van der Waals surface area contributed by atoms with E-state index in [1.54, 1.807) is 10.7 Å². The van der Waals surface area contributed by atoms with E-state index in [1.165, 1.54) is 0 Å². The standard InChI is InChI=1S/C13H16ClN3O/c1-9-12(8-17(2)16-9)15-7-13(18)10-5-3-4-6-11(10)14/h3-6,8,13,15,18H,7H2,1-2H3. The molecule has 0 fully saturated rings. The minimum Gasteiger partial charge on any atom is -0.387 e. The Bertz CT molecular complexity index is 539. The van der Waals surface area contributed by atoms with Gasteiger partial charge in [-0.15, -0.1) is 0 Å². The third kappa shape index (κ3) is 2.83. The second-order valence-electron chi connectivity index (χ2n) is 4.22. The Kier molecular flexibility index (Phi) is 3.89. The summed E-state index contributed by atoms with van der Waals surface area (Å²) >= 11 is 6.03. The molecule has 1 aromatic heterocycles. The molecule has 0 aliphatic heterocycles. The van der Waals surface area contributed by atoms with Gasteiger partial charge in [0.15, 0.2) is 0 Å². The van der Waals surface area contributed by atoms with Crippen LogP contribution >= 0.6 is 11.6 Å². The fourth-order valence-electron chi connectivity index (χ4n) is 1.84. The quantitative estimate of drug-likeness (QED) is 0.893. The SMILES string of the molecule is Cc1nn(C)cc1NCC(O)c1ccccc1Cl. The molecule has 0 radical (unpaired) electrons. The van der Waals surface area contributed by atoms with Crippen molar-refractivity contribution < 1.29 is 5.11 Å². The van der Waals surface area contributed by atoms with Crippen LogP contribution in [0.2, 0.25) is 5.02 Å². The van der Waals surface area contributed by atoms with Crippen LogP contribution in [0, 0.1) is 6.92 Å². The van der Waals surface area contributed by atoms with Gasteiger partial charge in [-0.1, -0.05) is 29.8 Å². The van der Waals surface area contributed by atoms with Crippen LogP contribution in [0.5, 0.6) is 0 Å². The maximum Gasteiger partial charge on any atom is 0.0976 e. The lowest BCUT2D eigenvalue weighted by molar-refractivity contribution is 0.191. The number of hydrogen-bond acceptors (Lipinski definition) is 3. The van der Waals surface area contributed by atoms with Crippen molar-refractivity contribution in [3.8, 4) is 0 Å². The number of anilines is 1. The lowest BCUT2D eigenvalue weighted by atomic mass is 10.1. The molecular weight excluding hydrogens is 250 g/mol. The summed E-state index contributed by atoms with van der Waals surface area (Å²) in [6, 6.07) is 7.30. The topological polar surface area (TPSA) is 50.1 Å².